The molecule has 22 heavy (non-hydrogen) atoms. The number of nitrogens with zero attached hydrogens (tertiary/aromatic N) is 1. The number of hydrogen-bond acceptors (Lipinski definition) is 2. The van der Waals surface area contributed by atoms with Crippen LogP contribution in [-0.2, 0) is 21.0 Å². The molecule has 0 spiro atoms. The Hall–Kier alpha value is -1.25. The third kappa shape index (κ3) is 5.19. The predicted molar refractivity (Wildman–Crippen MR) is 94.4 cm³/mol. The lowest BCUT2D eigenvalue weighted by molar-refractivity contribution is 0.281. The Morgan fingerprint density at radius 1 is 0.909 bits per heavy atom. The van der Waals surface area contributed by atoms with Gasteiger partial charge in [0.15, 0.2) is 0 Å². The van der Waals surface area contributed by atoms with Gasteiger partial charge in [-0.05, 0) is 6.08 Å². The van der Waals surface area contributed by atoms with Crippen LogP contribution in [-0.4, -0.2) is 16.6 Å². The van der Waals surface area contributed by atoms with Crippen LogP contribution in [0, 0.1) is 0 Å². The van der Waals surface area contributed by atoms with Crippen molar-refractivity contribution in [3.8, 4) is 0 Å². The van der Waals surface area contributed by atoms with Crippen LogP contribution in [0.2, 0.25) is 0 Å². The highest BCUT2D eigenvalue weighted by Gasteiger charge is 2.31. The van der Waals surface area contributed by atoms with Gasteiger partial charge in [0.05, 0.1) is 18.6 Å². The highest BCUT2D eigenvalue weighted by molar-refractivity contribution is 5.29. The molecule has 0 atom stereocenters. The first kappa shape index (κ1) is 18.8. The number of ether oxygens (including phenoxy) is 1. The number of H-pyrrole nitrogens is 1. The van der Waals surface area contributed by atoms with Gasteiger partial charge in [-0.2, -0.15) is 0 Å². The third-order valence-corrected chi connectivity index (χ3v) is 3.47. The first-order valence-corrected chi connectivity index (χ1v) is 8.21. The summed E-state index contributed by atoms with van der Waals surface area (Å²) >= 11 is 0. The van der Waals surface area contributed by atoms with Crippen LogP contribution >= 0.6 is 0 Å². The molecule has 1 aromatic rings. The zero-order chi connectivity index (χ0) is 17.2. The van der Waals surface area contributed by atoms with Crippen molar-refractivity contribution in [1.29, 1.82) is 0 Å². The maximum absolute atomic E-state index is 4.86. The zero-order valence-corrected chi connectivity index (χ0v) is 15.9. The molecule has 0 amide bonds. The standard InChI is InChI=1S/C15H28N2.C4H6O/c1-13(2,3)10-11(14(4,5)6)17-12(16-10)15(7,8)9;1-2-4-5-3-1/h1-9H3,(H,16,17);1,3H,2,4H2. The van der Waals surface area contributed by atoms with Gasteiger partial charge in [0, 0.05) is 28.4 Å². The molecule has 2 rings (SSSR count). The Morgan fingerprint density at radius 2 is 1.50 bits per heavy atom. The smallest absolute Gasteiger partial charge is 0.112 e. The molecule has 0 aliphatic carbocycles. The lowest BCUT2D eigenvalue weighted by atomic mass is 9.82. The molecule has 1 N–H and O–H groups in total. The molecule has 2 heterocycles. The van der Waals surface area contributed by atoms with Crippen molar-refractivity contribution in [2.45, 2.75) is 85.0 Å². The van der Waals surface area contributed by atoms with Gasteiger partial charge >= 0.3 is 0 Å². The third-order valence-electron chi connectivity index (χ3n) is 3.47. The lowest BCUT2D eigenvalue weighted by Crippen LogP contribution is -2.21. The van der Waals surface area contributed by atoms with E-state index in [0.29, 0.717) is 0 Å². The van der Waals surface area contributed by atoms with Gasteiger partial charge in [-0.15, -0.1) is 0 Å². The van der Waals surface area contributed by atoms with Crippen LogP contribution in [0.4, 0.5) is 0 Å². The SMILES string of the molecule is C1=COCC1.CC(C)(C)c1nc(C(C)(C)C)c(C(C)(C)C)[nH]1. The molecule has 0 saturated carbocycles. The second-order valence-corrected chi connectivity index (χ2v) is 9.09. The van der Waals surface area contributed by atoms with E-state index in [9.17, 15) is 0 Å². The lowest BCUT2D eigenvalue weighted by Gasteiger charge is -2.24. The van der Waals surface area contributed by atoms with E-state index in [2.05, 4.69) is 67.3 Å². The van der Waals surface area contributed by atoms with Crippen molar-refractivity contribution < 1.29 is 4.74 Å². The summed E-state index contributed by atoms with van der Waals surface area (Å²) in [5, 5.41) is 0. The number of imidazole rings is 1. The van der Waals surface area contributed by atoms with Gasteiger partial charge in [-0.1, -0.05) is 62.3 Å². The summed E-state index contributed by atoms with van der Waals surface area (Å²) in [5.41, 5.74) is 2.75. The number of aromatic nitrogens is 2. The van der Waals surface area contributed by atoms with Crippen LogP contribution in [0.15, 0.2) is 12.3 Å². The molecule has 3 heteroatoms. The minimum Gasteiger partial charge on any atom is -0.501 e. The summed E-state index contributed by atoms with van der Waals surface area (Å²) in [6.45, 7) is 20.9. The Labute approximate surface area is 136 Å². The Kier molecular flexibility index (Phi) is 5.53. The normalized spacial score (nSPS) is 15.3. The van der Waals surface area contributed by atoms with Gasteiger partial charge < -0.3 is 9.72 Å². The van der Waals surface area contributed by atoms with Crippen molar-refractivity contribution in [1.82, 2.24) is 9.97 Å². The summed E-state index contributed by atoms with van der Waals surface area (Å²) < 4.78 is 4.76. The minimum atomic E-state index is 0.0729. The molecule has 0 saturated heterocycles. The van der Waals surface area contributed by atoms with Crippen molar-refractivity contribution in [2.75, 3.05) is 6.61 Å². The van der Waals surface area contributed by atoms with E-state index in [1.54, 1.807) is 6.26 Å². The highest BCUT2D eigenvalue weighted by Crippen LogP contribution is 2.34. The fraction of sp³-hybridized carbons (Fsp3) is 0.737. The molecule has 3 nitrogen and oxygen atoms in total. The van der Waals surface area contributed by atoms with Crippen LogP contribution in [0.3, 0.4) is 0 Å². The quantitative estimate of drug-likeness (QED) is 0.713. The minimum absolute atomic E-state index is 0.0729. The number of hydrogen-bond donors (Lipinski definition) is 1. The van der Waals surface area contributed by atoms with Crippen LogP contribution in [0.5, 0.6) is 0 Å². The van der Waals surface area contributed by atoms with Crippen LogP contribution < -0.4 is 0 Å². The van der Waals surface area contributed by atoms with Crippen molar-refractivity contribution in [3.05, 3.63) is 29.6 Å². The average Bonchev–Trinajstić information content (AvgIpc) is 2.99. The van der Waals surface area contributed by atoms with Crippen molar-refractivity contribution in [3.63, 3.8) is 0 Å². The molecule has 1 aliphatic rings. The average molecular weight is 306 g/mol. The fourth-order valence-electron chi connectivity index (χ4n) is 2.15. The van der Waals surface area contributed by atoms with Gasteiger partial charge in [0.25, 0.3) is 0 Å². The summed E-state index contributed by atoms with van der Waals surface area (Å²) in [6, 6.07) is 0. The van der Waals surface area contributed by atoms with Crippen molar-refractivity contribution in [2.24, 2.45) is 0 Å². The molecule has 126 valence electrons. The zero-order valence-electron chi connectivity index (χ0n) is 15.9. The first-order chi connectivity index (χ1) is 9.83. The largest absolute Gasteiger partial charge is 0.501 e. The second kappa shape index (κ2) is 6.47. The first-order valence-electron chi connectivity index (χ1n) is 8.21. The number of aromatic amines is 1. The topological polar surface area (TPSA) is 37.9 Å². The molecular weight excluding hydrogens is 272 g/mol. The van der Waals surface area contributed by atoms with E-state index in [0.717, 1.165) is 18.9 Å². The van der Waals surface area contributed by atoms with Gasteiger partial charge in [-0.25, -0.2) is 4.98 Å². The van der Waals surface area contributed by atoms with Gasteiger partial charge in [0.2, 0.25) is 0 Å². The van der Waals surface area contributed by atoms with Gasteiger partial charge in [-0.3, -0.25) is 0 Å². The molecule has 0 fully saturated rings. The van der Waals surface area contributed by atoms with E-state index in [1.165, 1.54) is 11.4 Å². The maximum Gasteiger partial charge on any atom is 0.112 e. The highest BCUT2D eigenvalue weighted by atomic mass is 16.5. The Morgan fingerprint density at radius 3 is 1.73 bits per heavy atom. The molecule has 0 unspecified atom stereocenters. The van der Waals surface area contributed by atoms with E-state index >= 15 is 0 Å². The van der Waals surface area contributed by atoms with E-state index in [1.807, 2.05) is 6.08 Å². The van der Waals surface area contributed by atoms with E-state index in [-0.39, 0.29) is 16.2 Å². The summed E-state index contributed by atoms with van der Waals surface area (Å²) in [6.07, 6.45) is 4.85. The van der Waals surface area contributed by atoms with Crippen LogP contribution in [0.25, 0.3) is 0 Å². The Bertz CT molecular complexity index is 468. The summed E-state index contributed by atoms with van der Waals surface area (Å²) in [7, 11) is 0. The number of rotatable bonds is 0. The number of nitrogens with one attached hydrogen (secondary N) is 1. The maximum atomic E-state index is 4.86. The Balaban J connectivity index is 0.000000406. The van der Waals surface area contributed by atoms with E-state index in [4.69, 9.17) is 9.72 Å². The predicted octanol–water partition coefficient (Wildman–Crippen LogP) is 5.22. The summed E-state index contributed by atoms with van der Waals surface area (Å²) in [4.78, 5) is 8.42. The van der Waals surface area contributed by atoms with Crippen molar-refractivity contribution >= 4 is 0 Å². The molecule has 0 aromatic carbocycles. The summed E-state index contributed by atoms with van der Waals surface area (Å²) in [5.74, 6) is 1.09. The monoisotopic (exact) mass is 306 g/mol. The molecule has 1 aromatic heterocycles. The van der Waals surface area contributed by atoms with E-state index < -0.39 is 0 Å². The molecule has 0 bridgehead atoms. The molecular formula is C19H34N2O. The fourth-order valence-corrected chi connectivity index (χ4v) is 2.15. The molecule has 1 aliphatic heterocycles. The van der Waals surface area contributed by atoms with Gasteiger partial charge in [0.1, 0.15) is 5.82 Å². The second-order valence-electron chi connectivity index (χ2n) is 9.09. The molecule has 0 radical (unpaired) electrons. The van der Waals surface area contributed by atoms with Crippen LogP contribution in [0.1, 0.15) is 85.9 Å².